The lowest BCUT2D eigenvalue weighted by atomic mass is 10.2. The van der Waals surface area contributed by atoms with Crippen LogP contribution in [0.25, 0.3) is 5.65 Å². The van der Waals surface area contributed by atoms with Crippen LogP contribution in [0, 0.1) is 13.8 Å². The molecule has 5 nitrogen and oxygen atoms in total. The van der Waals surface area contributed by atoms with Crippen molar-refractivity contribution in [2.24, 2.45) is 0 Å². The average molecular weight is 361 g/mol. The number of alkyl halides is 3. The third-order valence-electron chi connectivity index (χ3n) is 3.85. The molecule has 1 aliphatic heterocycles. The van der Waals surface area contributed by atoms with Gasteiger partial charge in [-0.2, -0.15) is 22.8 Å². The SMILES string of the molecule is Cc1c(SC(=S)N2CCCC2)nn2c(C(F)(F)F)nnc2c1C. The first-order chi connectivity index (χ1) is 10.8. The second-order valence-electron chi connectivity index (χ2n) is 5.37. The molecule has 3 heterocycles. The van der Waals surface area contributed by atoms with Gasteiger partial charge in [0.15, 0.2) is 5.65 Å². The summed E-state index contributed by atoms with van der Waals surface area (Å²) in [5.74, 6) is -1.12. The van der Waals surface area contributed by atoms with Gasteiger partial charge in [-0.3, -0.25) is 0 Å². The lowest BCUT2D eigenvalue weighted by molar-refractivity contribution is -0.146. The van der Waals surface area contributed by atoms with Crippen molar-refractivity contribution in [3.05, 3.63) is 17.0 Å². The first-order valence-corrected chi connectivity index (χ1v) is 8.28. The number of fused-ring (bicyclic) bond motifs is 1. The van der Waals surface area contributed by atoms with Crippen molar-refractivity contribution in [1.82, 2.24) is 24.7 Å². The molecule has 3 rings (SSSR count). The lowest BCUT2D eigenvalue weighted by Gasteiger charge is -2.18. The molecule has 1 fully saturated rings. The average Bonchev–Trinajstić information content (AvgIpc) is 3.12. The number of halogens is 3. The van der Waals surface area contributed by atoms with E-state index < -0.39 is 12.0 Å². The molecule has 0 aromatic carbocycles. The van der Waals surface area contributed by atoms with Crippen molar-refractivity contribution in [1.29, 1.82) is 0 Å². The van der Waals surface area contributed by atoms with Crippen molar-refractivity contribution in [3.63, 3.8) is 0 Å². The maximum Gasteiger partial charge on any atom is 0.453 e. The third-order valence-corrected chi connectivity index (χ3v) is 5.37. The highest BCUT2D eigenvalue weighted by atomic mass is 32.2. The molecule has 1 saturated heterocycles. The van der Waals surface area contributed by atoms with Crippen molar-refractivity contribution in [2.75, 3.05) is 13.1 Å². The molecule has 2 aromatic rings. The van der Waals surface area contributed by atoms with Gasteiger partial charge in [-0.15, -0.1) is 10.2 Å². The molecule has 0 spiro atoms. The Morgan fingerprint density at radius 3 is 2.39 bits per heavy atom. The molecule has 0 aliphatic carbocycles. The van der Waals surface area contributed by atoms with Crippen LogP contribution in [0.15, 0.2) is 5.03 Å². The molecule has 0 bridgehead atoms. The number of hydrogen-bond donors (Lipinski definition) is 0. The molecular formula is C13H14F3N5S2. The molecule has 0 radical (unpaired) electrons. The minimum Gasteiger partial charge on any atom is -0.357 e. The predicted molar refractivity (Wildman–Crippen MR) is 84.5 cm³/mol. The van der Waals surface area contributed by atoms with Gasteiger partial charge in [0.25, 0.3) is 5.82 Å². The standard InChI is InChI=1S/C13H14F3N5S2/c1-7-8(2)10(23-12(22)20-5-3-4-6-20)19-21-9(7)17-18-11(21)13(14,15)16/h3-6H2,1-2H3. The quantitative estimate of drug-likeness (QED) is 0.574. The normalized spacial score (nSPS) is 15.6. The molecule has 0 atom stereocenters. The molecule has 124 valence electrons. The van der Waals surface area contributed by atoms with E-state index in [0.29, 0.717) is 14.9 Å². The van der Waals surface area contributed by atoms with E-state index in [4.69, 9.17) is 12.2 Å². The second kappa shape index (κ2) is 5.90. The summed E-state index contributed by atoms with van der Waals surface area (Å²) >= 11 is 6.62. The van der Waals surface area contributed by atoms with Crippen molar-refractivity contribution < 1.29 is 13.2 Å². The van der Waals surface area contributed by atoms with Gasteiger partial charge in [-0.05, 0) is 44.0 Å². The van der Waals surface area contributed by atoms with Crippen LogP contribution in [0.1, 0.15) is 29.8 Å². The summed E-state index contributed by atoms with van der Waals surface area (Å²) in [4.78, 5) is 2.05. The minimum atomic E-state index is -4.61. The smallest absolute Gasteiger partial charge is 0.357 e. The van der Waals surface area contributed by atoms with Crippen LogP contribution in [-0.4, -0.2) is 42.1 Å². The fraction of sp³-hybridized carbons (Fsp3) is 0.538. The first-order valence-electron chi connectivity index (χ1n) is 7.05. The van der Waals surface area contributed by atoms with E-state index in [0.717, 1.165) is 36.0 Å². The number of thiocarbonyl (C=S) groups is 1. The zero-order valence-corrected chi connectivity index (χ0v) is 14.1. The van der Waals surface area contributed by atoms with Crippen LogP contribution < -0.4 is 0 Å². The van der Waals surface area contributed by atoms with Crippen LogP contribution in [0.2, 0.25) is 0 Å². The molecule has 23 heavy (non-hydrogen) atoms. The Morgan fingerprint density at radius 1 is 1.13 bits per heavy atom. The molecule has 0 unspecified atom stereocenters. The zero-order chi connectivity index (χ0) is 16.8. The molecule has 2 aromatic heterocycles. The number of nitrogens with zero attached hydrogens (tertiary/aromatic N) is 5. The summed E-state index contributed by atoms with van der Waals surface area (Å²) in [5, 5.41) is 11.4. The number of thioether (sulfide) groups is 1. The van der Waals surface area contributed by atoms with Gasteiger partial charge in [0.2, 0.25) is 0 Å². The molecule has 1 aliphatic rings. The Bertz CT molecular complexity index is 765. The zero-order valence-electron chi connectivity index (χ0n) is 12.5. The first kappa shape index (κ1) is 16.4. The van der Waals surface area contributed by atoms with E-state index >= 15 is 0 Å². The maximum atomic E-state index is 13.0. The van der Waals surface area contributed by atoms with Gasteiger partial charge < -0.3 is 4.90 Å². The summed E-state index contributed by atoms with van der Waals surface area (Å²) in [6.45, 7) is 5.28. The Morgan fingerprint density at radius 2 is 1.78 bits per heavy atom. The summed E-state index contributed by atoms with van der Waals surface area (Å²) in [6, 6.07) is 0. The Balaban J connectivity index is 2.02. The van der Waals surface area contributed by atoms with Gasteiger partial charge in [-0.25, -0.2) is 0 Å². The van der Waals surface area contributed by atoms with E-state index in [-0.39, 0.29) is 5.65 Å². The van der Waals surface area contributed by atoms with Crippen LogP contribution in [-0.2, 0) is 6.18 Å². The number of aryl methyl sites for hydroxylation is 1. The highest BCUT2D eigenvalue weighted by molar-refractivity contribution is 8.22. The summed E-state index contributed by atoms with van der Waals surface area (Å²) in [7, 11) is 0. The van der Waals surface area contributed by atoms with Crippen LogP contribution in [0.3, 0.4) is 0 Å². The highest BCUT2D eigenvalue weighted by Crippen LogP contribution is 2.32. The van der Waals surface area contributed by atoms with E-state index in [1.165, 1.54) is 11.8 Å². The molecular weight excluding hydrogens is 347 g/mol. The van der Waals surface area contributed by atoms with Crippen molar-refractivity contribution >= 4 is 33.9 Å². The maximum absolute atomic E-state index is 13.0. The van der Waals surface area contributed by atoms with E-state index in [1.54, 1.807) is 13.8 Å². The number of rotatable bonds is 1. The van der Waals surface area contributed by atoms with E-state index in [2.05, 4.69) is 20.2 Å². The summed E-state index contributed by atoms with van der Waals surface area (Å²) < 4.78 is 40.5. The monoisotopic (exact) mass is 361 g/mol. The summed E-state index contributed by atoms with van der Waals surface area (Å²) in [5.41, 5.74) is 1.51. The molecule has 10 heteroatoms. The van der Waals surface area contributed by atoms with Gasteiger partial charge in [0.05, 0.1) is 0 Å². The van der Waals surface area contributed by atoms with Crippen molar-refractivity contribution in [2.45, 2.75) is 37.9 Å². The largest absolute Gasteiger partial charge is 0.453 e. The topological polar surface area (TPSA) is 46.3 Å². The Kier molecular flexibility index (Phi) is 4.21. The molecule has 0 saturated carbocycles. The highest BCUT2D eigenvalue weighted by Gasteiger charge is 2.38. The number of hydrogen-bond acceptors (Lipinski definition) is 5. The van der Waals surface area contributed by atoms with Crippen LogP contribution in [0.4, 0.5) is 13.2 Å². The number of aromatic nitrogens is 4. The third kappa shape index (κ3) is 3.01. The van der Waals surface area contributed by atoms with Crippen LogP contribution in [0.5, 0.6) is 0 Å². The lowest BCUT2D eigenvalue weighted by Crippen LogP contribution is -2.23. The molecule has 0 amide bonds. The van der Waals surface area contributed by atoms with Crippen LogP contribution >= 0.6 is 24.0 Å². The predicted octanol–water partition coefficient (Wildman–Crippen LogP) is 3.23. The van der Waals surface area contributed by atoms with Gasteiger partial charge in [-0.1, -0.05) is 12.2 Å². The minimum absolute atomic E-state index is 0.117. The van der Waals surface area contributed by atoms with E-state index in [9.17, 15) is 13.2 Å². The second-order valence-corrected chi connectivity index (χ2v) is 7.00. The van der Waals surface area contributed by atoms with Gasteiger partial charge in [0.1, 0.15) is 9.35 Å². The van der Waals surface area contributed by atoms with E-state index in [1.807, 2.05) is 0 Å². The van der Waals surface area contributed by atoms with Crippen molar-refractivity contribution in [3.8, 4) is 0 Å². The number of likely N-dealkylation sites (tertiary alicyclic amines) is 1. The fourth-order valence-electron chi connectivity index (χ4n) is 2.42. The summed E-state index contributed by atoms with van der Waals surface area (Å²) in [6.07, 6.45) is -2.45. The fourth-order valence-corrected chi connectivity index (χ4v) is 3.75. The Labute approximate surface area is 140 Å². The Hall–Kier alpha value is -1.42. The molecule has 0 N–H and O–H groups in total. The van der Waals surface area contributed by atoms with Gasteiger partial charge >= 0.3 is 6.18 Å². The van der Waals surface area contributed by atoms with Gasteiger partial charge in [0, 0.05) is 18.7 Å².